The second kappa shape index (κ2) is 3.00. The molecule has 1 spiro atoms. The Labute approximate surface area is 107 Å². The number of carbonyl (C=O) groups excluding carboxylic acids is 2. The van der Waals surface area contributed by atoms with Crippen molar-refractivity contribution in [2.24, 2.45) is 0 Å². The molecule has 1 aromatic heterocycles. The van der Waals surface area contributed by atoms with Gasteiger partial charge in [0.2, 0.25) is 0 Å². The van der Waals surface area contributed by atoms with E-state index in [1.54, 1.807) is 11.3 Å². The minimum Gasteiger partial charge on any atom is -0.316 e. The first-order chi connectivity index (χ1) is 8.73. The van der Waals surface area contributed by atoms with Crippen LogP contribution in [0.4, 0.5) is 4.79 Å². The van der Waals surface area contributed by atoms with Crippen molar-refractivity contribution in [1.29, 1.82) is 0 Å². The van der Waals surface area contributed by atoms with Gasteiger partial charge in [-0.2, -0.15) is 0 Å². The first-order valence-corrected chi connectivity index (χ1v) is 6.43. The molecule has 2 aromatic rings. The molecule has 2 aliphatic rings. The highest BCUT2D eigenvalue weighted by Gasteiger charge is 2.55. The standard InChI is InChI=1S/C13H8N2O2S/c16-11-13(15-12(17)14-11)8-4-2-1-3-7(8)10-9(13)5-6-18-10/h1-6H,(H2,14,15,16,17). The molecule has 0 saturated carbocycles. The second-order valence-electron chi connectivity index (χ2n) is 4.37. The van der Waals surface area contributed by atoms with Gasteiger partial charge in [-0.15, -0.1) is 11.3 Å². The average Bonchev–Trinajstić information content (AvgIpc) is 2.99. The molecule has 0 bridgehead atoms. The smallest absolute Gasteiger partial charge is 0.316 e. The number of benzene rings is 1. The van der Waals surface area contributed by atoms with Gasteiger partial charge in [-0.25, -0.2) is 4.79 Å². The van der Waals surface area contributed by atoms with Crippen LogP contribution in [-0.2, 0) is 10.3 Å². The largest absolute Gasteiger partial charge is 0.322 e. The summed E-state index contributed by atoms with van der Waals surface area (Å²) in [5.74, 6) is -0.294. The van der Waals surface area contributed by atoms with E-state index in [2.05, 4.69) is 10.6 Å². The summed E-state index contributed by atoms with van der Waals surface area (Å²) < 4.78 is 0. The third-order valence-electron chi connectivity index (χ3n) is 3.51. The Morgan fingerprint density at radius 1 is 1.06 bits per heavy atom. The number of amides is 3. The molecule has 1 aromatic carbocycles. The second-order valence-corrected chi connectivity index (χ2v) is 5.28. The molecule has 0 radical (unpaired) electrons. The molecule has 2 N–H and O–H groups in total. The quantitative estimate of drug-likeness (QED) is 0.706. The Bertz CT molecular complexity index is 707. The van der Waals surface area contributed by atoms with E-state index in [0.717, 1.165) is 21.6 Å². The van der Waals surface area contributed by atoms with Gasteiger partial charge in [0, 0.05) is 16.0 Å². The van der Waals surface area contributed by atoms with Crippen LogP contribution in [0.1, 0.15) is 11.1 Å². The summed E-state index contributed by atoms with van der Waals surface area (Å²) in [5, 5.41) is 7.07. The molecule has 1 aliphatic carbocycles. The fourth-order valence-corrected chi connectivity index (χ4v) is 3.79. The SMILES string of the molecule is O=C1NC(=O)C2(N1)c1ccccc1-c1sccc12. The number of thiophene rings is 1. The lowest BCUT2D eigenvalue weighted by Gasteiger charge is -2.22. The third-order valence-corrected chi connectivity index (χ3v) is 4.46. The van der Waals surface area contributed by atoms with Gasteiger partial charge in [0.25, 0.3) is 5.91 Å². The average molecular weight is 256 g/mol. The van der Waals surface area contributed by atoms with E-state index < -0.39 is 11.6 Å². The fraction of sp³-hybridized carbons (Fsp3) is 0.0769. The number of hydrogen-bond donors (Lipinski definition) is 2. The molecule has 1 aliphatic heterocycles. The summed E-state index contributed by atoms with van der Waals surface area (Å²) in [6.45, 7) is 0. The molecule has 3 amide bonds. The van der Waals surface area contributed by atoms with E-state index in [1.165, 1.54) is 0 Å². The van der Waals surface area contributed by atoms with E-state index in [4.69, 9.17) is 0 Å². The molecule has 4 nitrogen and oxygen atoms in total. The van der Waals surface area contributed by atoms with Gasteiger partial charge in [-0.1, -0.05) is 24.3 Å². The van der Waals surface area contributed by atoms with E-state index in [9.17, 15) is 9.59 Å². The van der Waals surface area contributed by atoms with E-state index in [1.807, 2.05) is 35.7 Å². The zero-order valence-corrected chi connectivity index (χ0v) is 10.0. The highest BCUT2D eigenvalue weighted by Crippen LogP contribution is 2.51. The molecule has 2 heterocycles. The summed E-state index contributed by atoms with van der Waals surface area (Å²) in [7, 11) is 0. The van der Waals surface area contributed by atoms with Crippen LogP contribution in [0.25, 0.3) is 10.4 Å². The number of fused-ring (bicyclic) bond motifs is 5. The Morgan fingerprint density at radius 3 is 2.67 bits per heavy atom. The van der Waals surface area contributed by atoms with Crippen molar-refractivity contribution in [1.82, 2.24) is 10.6 Å². The van der Waals surface area contributed by atoms with Crippen LogP contribution in [0, 0.1) is 0 Å². The molecule has 18 heavy (non-hydrogen) atoms. The highest BCUT2D eigenvalue weighted by molar-refractivity contribution is 7.14. The summed E-state index contributed by atoms with van der Waals surface area (Å²) in [6, 6.07) is 9.18. The summed E-state index contributed by atoms with van der Waals surface area (Å²) >= 11 is 1.59. The van der Waals surface area contributed by atoms with Crippen LogP contribution in [0.5, 0.6) is 0 Å². The first kappa shape index (κ1) is 9.85. The van der Waals surface area contributed by atoms with Gasteiger partial charge >= 0.3 is 6.03 Å². The number of rotatable bonds is 0. The van der Waals surface area contributed by atoms with Crippen molar-refractivity contribution >= 4 is 23.3 Å². The Balaban J connectivity index is 2.12. The lowest BCUT2D eigenvalue weighted by molar-refractivity contribution is -0.122. The fourth-order valence-electron chi connectivity index (χ4n) is 2.80. The molecule has 1 saturated heterocycles. The number of hydrogen-bond acceptors (Lipinski definition) is 3. The van der Waals surface area contributed by atoms with Gasteiger partial charge in [-0.05, 0) is 17.0 Å². The highest BCUT2D eigenvalue weighted by atomic mass is 32.1. The molecule has 1 fully saturated rings. The van der Waals surface area contributed by atoms with Crippen LogP contribution in [0.2, 0.25) is 0 Å². The predicted molar refractivity (Wildman–Crippen MR) is 67.2 cm³/mol. The number of imide groups is 1. The minimum atomic E-state index is -1.02. The van der Waals surface area contributed by atoms with Crippen molar-refractivity contribution in [3.63, 3.8) is 0 Å². The number of urea groups is 1. The van der Waals surface area contributed by atoms with Crippen LogP contribution in [-0.4, -0.2) is 11.9 Å². The maximum Gasteiger partial charge on any atom is 0.322 e. The molecule has 88 valence electrons. The Hall–Kier alpha value is -2.14. The first-order valence-electron chi connectivity index (χ1n) is 5.55. The topological polar surface area (TPSA) is 58.2 Å². The summed E-state index contributed by atoms with van der Waals surface area (Å²) in [5.41, 5.74) is 1.73. The zero-order chi connectivity index (χ0) is 12.3. The molecule has 1 unspecified atom stereocenters. The minimum absolute atomic E-state index is 0.294. The summed E-state index contributed by atoms with van der Waals surface area (Å²) in [4.78, 5) is 24.8. The van der Waals surface area contributed by atoms with Crippen LogP contribution in [0.3, 0.4) is 0 Å². The maximum atomic E-state index is 12.2. The van der Waals surface area contributed by atoms with Crippen molar-refractivity contribution in [2.75, 3.05) is 0 Å². The van der Waals surface area contributed by atoms with Gasteiger partial charge < -0.3 is 5.32 Å². The van der Waals surface area contributed by atoms with Gasteiger partial charge in [-0.3, -0.25) is 10.1 Å². The van der Waals surface area contributed by atoms with Crippen molar-refractivity contribution in [3.05, 3.63) is 46.8 Å². The van der Waals surface area contributed by atoms with E-state index >= 15 is 0 Å². The Kier molecular flexibility index (Phi) is 1.64. The molecule has 4 rings (SSSR count). The van der Waals surface area contributed by atoms with Crippen LogP contribution < -0.4 is 10.6 Å². The predicted octanol–water partition coefficient (Wildman–Crippen LogP) is 1.81. The van der Waals surface area contributed by atoms with Crippen LogP contribution in [0.15, 0.2) is 35.7 Å². The zero-order valence-electron chi connectivity index (χ0n) is 9.19. The number of nitrogens with one attached hydrogen (secondary N) is 2. The van der Waals surface area contributed by atoms with Crippen molar-refractivity contribution in [3.8, 4) is 10.4 Å². The lowest BCUT2D eigenvalue weighted by atomic mass is 9.88. The molecule has 1 atom stereocenters. The lowest BCUT2D eigenvalue weighted by Crippen LogP contribution is -2.42. The van der Waals surface area contributed by atoms with Gasteiger partial charge in [0.15, 0.2) is 5.54 Å². The maximum absolute atomic E-state index is 12.2. The normalized spacial score (nSPS) is 23.8. The number of carbonyl (C=O) groups is 2. The summed E-state index contributed by atoms with van der Waals surface area (Å²) in [6.07, 6.45) is 0. The van der Waals surface area contributed by atoms with Gasteiger partial charge in [0.05, 0.1) is 0 Å². The van der Waals surface area contributed by atoms with Crippen molar-refractivity contribution in [2.45, 2.75) is 5.54 Å². The van der Waals surface area contributed by atoms with E-state index in [0.29, 0.717) is 0 Å². The molecule has 5 heteroatoms. The molecular formula is C13H8N2O2S. The molecular weight excluding hydrogens is 248 g/mol. The monoisotopic (exact) mass is 256 g/mol. The van der Waals surface area contributed by atoms with E-state index in [-0.39, 0.29) is 5.91 Å². The third kappa shape index (κ3) is 0.922. The van der Waals surface area contributed by atoms with Crippen LogP contribution >= 0.6 is 11.3 Å². The Morgan fingerprint density at radius 2 is 1.89 bits per heavy atom. The van der Waals surface area contributed by atoms with Gasteiger partial charge in [0.1, 0.15) is 0 Å². The van der Waals surface area contributed by atoms with Crippen molar-refractivity contribution < 1.29 is 9.59 Å².